The van der Waals surface area contributed by atoms with Crippen molar-refractivity contribution in [2.75, 3.05) is 26.1 Å². The molecular formula is C38H58O10S. The average Bonchev–Trinajstić information content (AvgIpc) is 3.57. The van der Waals surface area contributed by atoms with E-state index >= 15 is 0 Å². The molecule has 0 spiro atoms. The minimum atomic E-state index is -3.68. The van der Waals surface area contributed by atoms with Crippen molar-refractivity contribution < 1.29 is 47.1 Å². The van der Waals surface area contributed by atoms with Crippen LogP contribution < -0.4 is 0 Å². The quantitative estimate of drug-likeness (QED) is 0.164. The van der Waals surface area contributed by atoms with E-state index in [2.05, 4.69) is 20.1 Å². The summed E-state index contributed by atoms with van der Waals surface area (Å²) in [6, 6.07) is 8.33. The SMILES string of the molecule is C=C1C[C@@H](CC(C)(C)C(=O)OCCC)O[C@H]1CC[C@H]1C[C@@H](C)C(=C)[C@@H](C[C@@H]2O[C@H](CC(O)CO)[C@H](OC)[C@H]2CS(=O)(=O)c2ccccc2)O1. The number of sulfone groups is 1. The Labute approximate surface area is 293 Å². The number of esters is 1. The lowest BCUT2D eigenvalue weighted by Crippen LogP contribution is -2.40. The van der Waals surface area contributed by atoms with Gasteiger partial charge in [0.25, 0.3) is 0 Å². The lowest BCUT2D eigenvalue weighted by Gasteiger charge is -2.38. The molecule has 3 aliphatic rings. The molecule has 0 radical (unpaired) electrons. The Balaban J connectivity index is 1.42. The third-order valence-corrected chi connectivity index (χ3v) is 12.2. The van der Waals surface area contributed by atoms with Crippen LogP contribution in [0.3, 0.4) is 0 Å². The second kappa shape index (κ2) is 17.4. The monoisotopic (exact) mass is 706 g/mol. The summed E-state index contributed by atoms with van der Waals surface area (Å²) < 4.78 is 57.9. The lowest BCUT2D eigenvalue weighted by molar-refractivity contribution is -0.156. The molecule has 3 aliphatic heterocycles. The van der Waals surface area contributed by atoms with Gasteiger partial charge in [0.1, 0.15) is 0 Å². The van der Waals surface area contributed by atoms with Crippen LogP contribution in [-0.2, 0) is 38.3 Å². The molecule has 0 aromatic heterocycles. The highest BCUT2D eigenvalue weighted by Crippen LogP contribution is 2.41. The predicted octanol–water partition coefficient (Wildman–Crippen LogP) is 5.21. The zero-order valence-electron chi connectivity index (χ0n) is 29.9. The van der Waals surface area contributed by atoms with Crippen LogP contribution in [-0.4, -0.2) is 99.5 Å². The fourth-order valence-corrected chi connectivity index (χ4v) is 9.25. The van der Waals surface area contributed by atoms with Gasteiger partial charge in [0, 0.05) is 25.9 Å². The van der Waals surface area contributed by atoms with Gasteiger partial charge in [-0.2, -0.15) is 0 Å². The Bertz CT molecular complexity index is 1360. The number of benzene rings is 1. The average molecular weight is 707 g/mol. The van der Waals surface area contributed by atoms with Crippen LogP contribution in [0, 0.1) is 17.3 Å². The third-order valence-electron chi connectivity index (χ3n) is 10.4. The van der Waals surface area contributed by atoms with Crippen LogP contribution in [0.25, 0.3) is 0 Å². The summed E-state index contributed by atoms with van der Waals surface area (Å²) in [5.41, 5.74) is 1.31. The molecule has 0 amide bonds. The molecule has 4 rings (SSSR count). The van der Waals surface area contributed by atoms with Crippen molar-refractivity contribution in [1.82, 2.24) is 0 Å². The van der Waals surface area contributed by atoms with Crippen LogP contribution in [0.4, 0.5) is 0 Å². The van der Waals surface area contributed by atoms with Crippen LogP contribution in [0.5, 0.6) is 0 Å². The molecule has 276 valence electrons. The van der Waals surface area contributed by atoms with Gasteiger partial charge in [0.05, 0.1) is 78.1 Å². The van der Waals surface area contributed by atoms with Gasteiger partial charge in [0.2, 0.25) is 0 Å². The standard InChI is InChI=1S/C38H58O10S/c1-8-16-45-37(41)38(5,6)21-29-18-25(3)32(47-29)15-14-28-17-24(2)26(4)33(46-28)20-34-31(23-49(42,43)30-12-10-9-11-13-30)36(44-7)35(48-34)19-27(40)22-39/h9-13,24,27-29,31-36,39-40H,3-4,8,14-23H2,1-2,5-7H3/t24-,27?,28+,29+,31+,32+,33-,34+,35-,36-/m1/s1. The van der Waals surface area contributed by atoms with E-state index in [-0.39, 0.29) is 53.4 Å². The summed E-state index contributed by atoms with van der Waals surface area (Å²) in [5.74, 6) is -0.757. The topological polar surface area (TPSA) is 138 Å². The van der Waals surface area contributed by atoms with Gasteiger partial charge in [0.15, 0.2) is 9.84 Å². The predicted molar refractivity (Wildman–Crippen MR) is 187 cm³/mol. The highest BCUT2D eigenvalue weighted by atomic mass is 32.2. The number of aliphatic hydroxyl groups is 2. The largest absolute Gasteiger partial charge is 0.465 e. The molecule has 0 aliphatic carbocycles. The number of carbonyl (C=O) groups excluding carboxylic acids is 1. The number of methoxy groups -OCH3 is 1. The van der Waals surface area contributed by atoms with E-state index in [0.29, 0.717) is 25.9 Å². The van der Waals surface area contributed by atoms with Crippen molar-refractivity contribution in [2.24, 2.45) is 17.3 Å². The number of rotatable bonds is 17. The molecular weight excluding hydrogens is 648 g/mol. The molecule has 0 saturated carbocycles. The molecule has 0 bridgehead atoms. The lowest BCUT2D eigenvalue weighted by atomic mass is 9.83. The second-order valence-corrected chi connectivity index (χ2v) is 16.9. The Morgan fingerprint density at radius 1 is 1.06 bits per heavy atom. The number of hydrogen-bond acceptors (Lipinski definition) is 10. The van der Waals surface area contributed by atoms with E-state index in [1.54, 1.807) is 30.3 Å². The van der Waals surface area contributed by atoms with E-state index in [1.165, 1.54) is 7.11 Å². The first-order valence-electron chi connectivity index (χ1n) is 17.8. The highest BCUT2D eigenvalue weighted by Gasteiger charge is 2.49. The zero-order valence-corrected chi connectivity index (χ0v) is 30.7. The first kappa shape index (κ1) is 39.7. The van der Waals surface area contributed by atoms with Crippen LogP contribution in [0.15, 0.2) is 59.5 Å². The molecule has 11 heteroatoms. The van der Waals surface area contributed by atoms with Crippen molar-refractivity contribution in [2.45, 2.75) is 133 Å². The Morgan fingerprint density at radius 3 is 2.41 bits per heavy atom. The number of hydrogen-bond donors (Lipinski definition) is 2. The molecule has 3 heterocycles. The van der Waals surface area contributed by atoms with Crippen molar-refractivity contribution in [3.63, 3.8) is 0 Å². The molecule has 10 atom stereocenters. The van der Waals surface area contributed by atoms with Gasteiger partial charge in [-0.3, -0.25) is 4.79 Å². The maximum atomic E-state index is 13.6. The molecule has 1 unspecified atom stereocenters. The van der Waals surface area contributed by atoms with Gasteiger partial charge >= 0.3 is 5.97 Å². The van der Waals surface area contributed by atoms with Gasteiger partial charge in [-0.1, -0.05) is 45.2 Å². The molecule has 1 aromatic carbocycles. The molecule has 2 N–H and O–H groups in total. The van der Waals surface area contributed by atoms with E-state index in [0.717, 1.165) is 36.8 Å². The maximum absolute atomic E-state index is 13.6. The molecule has 49 heavy (non-hydrogen) atoms. The van der Waals surface area contributed by atoms with E-state index in [9.17, 15) is 23.4 Å². The molecule has 10 nitrogen and oxygen atoms in total. The zero-order chi connectivity index (χ0) is 35.9. The maximum Gasteiger partial charge on any atom is 0.311 e. The molecule has 1 aromatic rings. The minimum Gasteiger partial charge on any atom is -0.465 e. The first-order valence-corrected chi connectivity index (χ1v) is 19.4. The van der Waals surface area contributed by atoms with Gasteiger partial charge in [-0.25, -0.2) is 8.42 Å². The van der Waals surface area contributed by atoms with Crippen molar-refractivity contribution >= 4 is 15.8 Å². The van der Waals surface area contributed by atoms with Crippen molar-refractivity contribution in [1.29, 1.82) is 0 Å². The van der Waals surface area contributed by atoms with Gasteiger partial charge < -0.3 is 33.9 Å². The minimum absolute atomic E-state index is 0.0699. The number of carbonyl (C=O) groups is 1. The smallest absolute Gasteiger partial charge is 0.311 e. The fraction of sp³-hybridized carbons (Fsp3) is 0.711. The Morgan fingerprint density at radius 2 is 1.76 bits per heavy atom. The number of aliphatic hydroxyl groups excluding tert-OH is 2. The van der Waals surface area contributed by atoms with E-state index in [1.807, 2.05) is 20.8 Å². The van der Waals surface area contributed by atoms with E-state index in [4.69, 9.17) is 23.7 Å². The van der Waals surface area contributed by atoms with Crippen molar-refractivity contribution in [3.8, 4) is 0 Å². The normalized spacial score (nSPS) is 31.6. The Hall–Kier alpha value is -2.12. The Kier molecular flexibility index (Phi) is 14.1. The van der Waals surface area contributed by atoms with E-state index < -0.39 is 52.2 Å². The summed E-state index contributed by atoms with van der Waals surface area (Å²) >= 11 is 0. The fourth-order valence-electron chi connectivity index (χ4n) is 7.57. The summed E-state index contributed by atoms with van der Waals surface area (Å²) in [6.45, 7) is 16.5. The van der Waals surface area contributed by atoms with Crippen LogP contribution in [0.1, 0.15) is 79.1 Å². The summed E-state index contributed by atoms with van der Waals surface area (Å²) in [5, 5.41) is 19.8. The highest BCUT2D eigenvalue weighted by molar-refractivity contribution is 7.91. The third kappa shape index (κ3) is 10.2. The molecule has 3 fully saturated rings. The second-order valence-electron chi connectivity index (χ2n) is 14.8. The summed E-state index contributed by atoms with van der Waals surface area (Å²) in [6.07, 6.45) is 1.40. The summed E-state index contributed by atoms with van der Waals surface area (Å²) in [4.78, 5) is 12.8. The molecule has 3 saturated heterocycles. The van der Waals surface area contributed by atoms with Gasteiger partial charge in [-0.05, 0) is 81.6 Å². The number of ether oxygens (including phenoxy) is 5. The van der Waals surface area contributed by atoms with Crippen molar-refractivity contribution in [3.05, 3.63) is 54.6 Å². The summed E-state index contributed by atoms with van der Waals surface area (Å²) in [7, 11) is -2.16. The van der Waals surface area contributed by atoms with Gasteiger partial charge in [-0.15, -0.1) is 0 Å². The van der Waals surface area contributed by atoms with Crippen LogP contribution in [0.2, 0.25) is 0 Å². The van der Waals surface area contributed by atoms with Crippen LogP contribution >= 0.6 is 0 Å². The first-order chi connectivity index (χ1) is 23.2.